The first-order valence-electron chi connectivity index (χ1n) is 7.25. The van der Waals surface area contributed by atoms with Gasteiger partial charge >= 0.3 is 5.76 Å². The van der Waals surface area contributed by atoms with Gasteiger partial charge < -0.3 is 4.42 Å². The first-order valence-corrected chi connectivity index (χ1v) is 8.73. The summed E-state index contributed by atoms with van der Waals surface area (Å²) in [7, 11) is -2.24. The summed E-state index contributed by atoms with van der Waals surface area (Å²) in [6.45, 7) is 3.53. The third kappa shape index (κ3) is 2.85. The monoisotopic (exact) mass is 347 g/mol. The van der Waals surface area contributed by atoms with E-state index in [-0.39, 0.29) is 10.5 Å². The minimum atomic E-state index is -3.80. The van der Waals surface area contributed by atoms with Gasteiger partial charge in [-0.3, -0.25) is 9.55 Å². The van der Waals surface area contributed by atoms with Crippen LogP contribution < -0.4 is 10.5 Å². The number of nitrogens with one attached hydrogen (secondary N) is 1. The van der Waals surface area contributed by atoms with Gasteiger partial charge in [0.1, 0.15) is 0 Å². The first kappa shape index (κ1) is 16.4. The van der Waals surface area contributed by atoms with Crippen molar-refractivity contribution in [2.24, 2.45) is 7.05 Å². The number of aromatic nitrogens is 2. The maximum Gasteiger partial charge on any atom is 0.419 e. The van der Waals surface area contributed by atoms with Crippen LogP contribution in [0.25, 0.3) is 11.1 Å². The third-order valence-corrected chi connectivity index (χ3v) is 5.52. The highest BCUT2D eigenvalue weighted by atomic mass is 32.2. The van der Waals surface area contributed by atoms with Gasteiger partial charge in [0, 0.05) is 25.5 Å². The molecular formula is C16H17N3O4S. The molecular weight excluding hydrogens is 330 g/mol. The molecule has 24 heavy (non-hydrogen) atoms. The van der Waals surface area contributed by atoms with Crippen molar-refractivity contribution in [3.8, 4) is 0 Å². The van der Waals surface area contributed by atoms with Gasteiger partial charge in [-0.2, -0.15) is 0 Å². The Hall–Kier alpha value is -2.45. The molecule has 0 fully saturated rings. The Bertz CT molecular complexity index is 1050. The summed E-state index contributed by atoms with van der Waals surface area (Å²) >= 11 is 0. The van der Waals surface area contributed by atoms with E-state index in [9.17, 15) is 13.2 Å². The van der Waals surface area contributed by atoms with Crippen molar-refractivity contribution < 1.29 is 12.8 Å². The molecule has 0 atom stereocenters. The maximum atomic E-state index is 12.7. The van der Waals surface area contributed by atoms with Gasteiger partial charge in [-0.15, -0.1) is 0 Å². The molecule has 7 nitrogen and oxygen atoms in total. The van der Waals surface area contributed by atoms with Crippen LogP contribution in [0.15, 0.2) is 56.8 Å². The highest BCUT2D eigenvalue weighted by Crippen LogP contribution is 2.24. The van der Waals surface area contributed by atoms with E-state index >= 15 is 0 Å². The number of rotatable bonds is 4. The fourth-order valence-electron chi connectivity index (χ4n) is 2.50. The second-order valence-electron chi connectivity index (χ2n) is 6.02. The van der Waals surface area contributed by atoms with E-state index in [0.717, 1.165) is 5.56 Å². The number of sulfonamides is 1. The normalized spacial score (nSPS) is 12.6. The Morgan fingerprint density at radius 3 is 2.50 bits per heavy atom. The van der Waals surface area contributed by atoms with Crippen molar-refractivity contribution in [2.75, 3.05) is 0 Å². The first-order chi connectivity index (χ1) is 11.2. The lowest BCUT2D eigenvalue weighted by atomic mass is 9.97. The van der Waals surface area contributed by atoms with Gasteiger partial charge in [-0.25, -0.2) is 17.9 Å². The van der Waals surface area contributed by atoms with Gasteiger partial charge in [0.15, 0.2) is 5.58 Å². The summed E-state index contributed by atoms with van der Waals surface area (Å²) in [5.74, 6) is -0.537. The zero-order valence-electron chi connectivity index (χ0n) is 13.5. The van der Waals surface area contributed by atoms with Gasteiger partial charge in [0.2, 0.25) is 10.0 Å². The summed E-state index contributed by atoms with van der Waals surface area (Å²) in [5.41, 5.74) is 0.724. The summed E-state index contributed by atoms with van der Waals surface area (Å²) in [5, 5.41) is 0. The van der Waals surface area contributed by atoms with E-state index in [0.29, 0.717) is 5.52 Å². The van der Waals surface area contributed by atoms with Crippen LogP contribution in [0.2, 0.25) is 0 Å². The van der Waals surface area contributed by atoms with Crippen LogP contribution in [-0.4, -0.2) is 18.0 Å². The molecule has 0 unspecified atom stereocenters. The van der Waals surface area contributed by atoms with E-state index in [1.54, 1.807) is 51.5 Å². The lowest BCUT2D eigenvalue weighted by Crippen LogP contribution is -2.40. The van der Waals surface area contributed by atoms with E-state index in [1.807, 2.05) is 0 Å². The number of nitrogens with zero attached hydrogens (tertiary/aromatic N) is 2. The highest BCUT2D eigenvalue weighted by Gasteiger charge is 2.28. The van der Waals surface area contributed by atoms with Crippen molar-refractivity contribution in [1.29, 1.82) is 0 Å². The molecule has 2 heterocycles. The Labute approximate surface area is 139 Å². The molecule has 0 spiro atoms. The molecule has 0 saturated carbocycles. The molecule has 0 saturated heterocycles. The molecule has 0 bridgehead atoms. The predicted molar refractivity (Wildman–Crippen MR) is 89.0 cm³/mol. The van der Waals surface area contributed by atoms with Crippen LogP contribution in [0.5, 0.6) is 0 Å². The van der Waals surface area contributed by atoms with Crippen molar-refractivity contribution in [1.82, 2.24) is 14.3 Å². The summed E-state index contributed by atoms with van der Waals surface area (Å²) in [6, 6.07) is 7.85. The molecule has 1 N–H and O–H groups in total. The van der Waals surface area contributed by atoms with E-state index in [2.05, 4.69) is 9.71 Å². The van der Waals surface area contributed by atoms with E-state index < -0.39 is 21.3 Å². The van der Waals surface area contributed by atoms with Crippen LogP contribution in [0, 0.1) is 0 Å². The molecule has 8 heteroatoms. The van der Waals surface area contributed by atoms with Gasteiger partial charge in [0.25, 0.3) is 0 Å². The molecule has 0 aliphatic rings. The van der Waals surface area contributed by atoms with Crippen LogP contribution >= 0.6 is 0 Å². The number of oxazole rings is 1. The Balaban J connectivity index is 2.00. The van der Waals surface area contributed by atoms with Gasteiger partial charge in [-0.1, -0.05) is 0 Å². The molecule has 2 aromatic heterocycles. The van der Waals surface area contributed by atoms with Crippen LogP contribution in [0.3, 0.4) is 0 Å². The lowest BCUT2D eigenvalue weighted by molar-refractivity contribution is 0.471. The van der Waals surface area contributed by atoms with Crippen LogP contribution in [0.4, 0.5) is 0 Å². The number of aryl methyl sites for hydroxylation is 1. The SMILES string of the molecule is Cn1c(=O)oc2cc(S(=O)(=O)NC(C)(C)c3ccncc3)ccc21. The summed E-state index contributed by atoms with van der Waals surface area (Å²) in [6.07, 6.45) is 3.21. The molecule has 126 valence electrons. The van der Waals surface area contributed by atoms with Crippen molar-refractivity contribution in [3.63, 3.8) is 0 Å². The number of hydrogen-bond donors (Lipinski definition) is 1. The minimum absolute atomic E-state index is 0.0338. The number of benzene rings is 1. The topological polar surface area (TPSA) is 94.2 Å². The smallest absolute Gasteiger partial charge is 0.408 e. The summed E-state index contributed by atoms with van der Waals surface area (Å²) < 4.78 is 34.5. The van der Waals surface area contributed by atoms with Gasteiger partial charge in [0.05, 0.1) is 16.0 Å². The van der Waals surface area contributed by atoms with Crippen LogP contribution in [0.1, 0.15) is 19.4 Å². The highest BCUT2D eigenvalue weighted by molar-refractivity contribution is 7.89. The molecule has 0 aliphatic heterocycles. The fraction of sp³-hybridized carbons (Fsp3) is 0.250. The zero-order chi connectivity index (χ0) is 17.5. The van der Waals surface area contributed by atoms with E-state index in [1.165, 1.54) is 16.7 Å². The van der Waals surface area contributed by atoms with Crippen LogP contribution in [-0.2, 0) is 22.6 Å². The summed E-state index contributed by atoms with van der Waals surface area (Å²) in [4.78, 5) is 15.5. The molecule has 3 rings (SSSR count). The van der Waals surface area contributed by atoms with E-state index in [4.69, 9.17) is 4.42 Å². The second-order valence-corrected chi connectivity index (χ2v) is 7.71. The average Bonchev–Trinajstić information content (AvgIpc) is 2.81. The standard InChI is InChI=1S/C16H17N3O4S/c1-16(2,11-6-8-17-9-7-11)18-24(21,22)12-4-5-13-14(10-12)23-15(20)19(13)3/h4-10,18H,1-3H3. The molecule has 1 aromatic carbocycles. The van der Waals surface area contributed by atoms with Crippen molar-refractivity contribution >= 4 is 21.1 Å². The maximum absolute atomic E-state index is 12.7. The Morgan fingerprint density at radius 2 is 1.83 bits per heavy atom. The molecule has 0 amide bonds. The average molecular weight is 347 g/mol. The Morgan fingerprint density at radius 1 is 1.17 bits per heavy atom. The number of fused-ring (bicyclic) bond motifs is 1. The second kappa shape index (κ2) is 5.57. The fourth-order valence-corrected chi connectivity index (χ4v) is 3.92. The third-order valence-electron chi connectivity index (χ3n) is 3.87. The minimum Gasteiger partial charge on any atom is -0.408 e. The van der Waals surface area contributed by atoms with Gasteiger partial charge in [-0.05, 0) is 43.7 Å². The molecule has 3 aromatic rings. The van der Waals surface area contributed by atoms with Crippen molar-refractivity contribution in [2.45, 2.75) is 24.3 Å². The molecule has 0 radical (unpaired) electrons. The number of hydrogen-bond acceptors (Lipinski definition) is 5. The quantitative estimate of drug-likeness (QED) is 0.776. The molecule has 0 aliphatic carbocycles. The largest absolute Gasteiger partial charge is 0.419 e. The predicted octanol–water partition coefficient (Wildman–Crippen LogP) is 1.74. The lowest BCUT2D eigenvalue weighted by Gasteiger charge is -2.26. The Kier molecular flexibility index (Phi) is 3.81. The zero-order valence-corrected chi connectivity index (χ0v) is 14.3. The van der Waals surface area contributed by atoms with Crippen molar-refractivity contribution in [3.05, 3.63) is 58.8 Å². The number of pyridine rings is 1.